The Balaban J connectivity index is 1.59. The van der Waals surface area contributed by atoms with Crippen LogP contribution in [0.15, 0.2) is 24.3 Å². The monoisotopic (exact) mass is 441 g/mol. The first-order valence-corrected chi connectivity index (χ1v) is 11.1. The van der Waals surface area contributed by atoms with E-state index in [9.17, 15) is 19.5 Å². The molecule has 0 spiro atoms. The fourth-order valence-electron chi connectivity index (χ4n) is 4.37. The average molecular weight is 442 g/mol. The highest BCUT2D eigenvalue weighted by atomic mass is 16.5. The van der Waals surface area contributed by atoms with E-state index in [-0.39, 0.29) is 17.9 Å². The third kappa shape index (κ3) is 5.28. The molecule has 1 aromatic rings. The number of carbonyl (C=O) groups is 3. The van der Waals surface area contributed by atoms with Crippen molar-refractivity contribution in [3.63, 3.8) is 0 Å². The molecule has 0 bridgehead atoms. The molecule has 1 N–H and O–H groups in total. The quantitative estimate of drug-likeness (QED) is 0.752. The van der Waals surface area contributed by atoms with Crippen LogP contribution in [0.1, 0.15) is 62.4 Å². The first kappa shape index (κ1) is 23.7. The van der Waals surface area contributed by atoms with Crippen molar-refractivity contribution in [2.45, 2.75) is 64.7 Å². The zero-order valence-electron chi connectivity index (χ0n) is 18.9. The predicted molar refractivity (Wildman–Crippen MR) is 117 cm³/mol. The van der Waals surface area contributed by atoms with E-state index >= 15 is 0 Å². The number of ether oxygens (including phenoxy) is 1. The van der Waals surface area contributed by atoms with E-state index in [1.54, 1.807) is 34.1 Å². The van der Waals surface area contributed by atoms with Gasteiger partial charge in [0.1, 0.15) is 6.04 Å². The summed E-state index contributed by atoms with van der Waals surface area (Å²) in [5.41, 5.74) is 0.435. The van der Waals surface area contributed by atoms with Crippen molar-refractivity contribution in [3.8, 4) is 6.07 Å². The highest BCUT2D eigenvalue weighted by Crippen LogP contribution is 2.28. The van der Waals surface area contributed by atoms with Gasteiger partial charge in [-0.3, -0.25) is 9.59 Å². The molecule has 2 aliphatic rings. The second-order valence-electron chi connectivity index (χ2n) is 9.59. The number of hydrogen-bond donors (Lipinski definition) is 1. The predicted octanol–water partition coefficient (Wildman–Crippen LogP) is 2.67. The van der Waals surface area contributed by atoms with Crippen LogP contribution in [0.5, 0.6) is 0 Å². The van der Waals surface area contributed by atoms with Gasteiger partial charge in [-0.1, -0.05) is 20.8 Å². The van der Waals surface area contributed by atoms with Gasteiger partial charge in [0, 0.05) is 25.2 Å². The van der Waals surface area contributed by atoms with Crippen molar-refractivity contribution >= 4 is 17.8 Å². The molecule has 8 nitrogen and oxygen atoms in total. The molecule has 0 aliphatic carbocycles. The molecule has 2 amide bonds. The van der Waals surface area contributed by atoms with Gasteiger partial charge in [0.25, 0.3) is 5.91 Å². The van der Waals surface area contributed by atoms with Gasteiger partial charge in [-0.25, -0.2) is 4.79 Å². The Kier molecular flexibility index (Phi) is 7.19. The number of aliphatic carboxylic acids is 1. The van der Waals surface area contributed by atoms with Crippen molar-refractivity contribution in [1.82, 2.24) is 9.80 Å². The van der Waals surface area contributed by atoms with Gasteiger partial charge in [0.05, 0.1) is 17.7 Å². The summed E-state index contributed by atoms with van der Waals surface area (Å²) in [4.78, 5) is 41.1. The Labute approximate surface area is 188 Å². The van der Waals surface area contributed by atoms with Gasteiger partial charge in [0.15, 0.2) is 6.10 Å². The maximum atomic E-state index is 13.2. The molecule has 0 radical (unpaired) electrons. The van der Waals surface area contributed by atoms with Crippen LogP contribution < -0.4 is 0 Å². The van der Waals surface area contributed by atoms with E-state index in [1.165, 1.54) is 0 Å². The fraction of sp³-hybridized carbons (Fsp3) is 0.583. The molecular formula is C24H31N3O5. The fourth-order valence-corrected chi connectivity index (χ4v) is 4.37. The second kappa shape index (κ2) is 9.70. The summed E-state index contributed by atoms with van der Waals surface area (Å²) >= 11 is 0. The molecule has 0 saturated carbocycles. The molecule has 8 heteroatoms. The summed E-state index contributed by atoms with van der Waals surface area (Å²) in [7, 11) is 0. The van der Waals surface area contributed by atoms with Crippen molar-refractivity contribution in [2.75, 3.05) is 19.6 Å². The number of likely N-dealkylation sites (tertiary alicyclic amines) is 2. The van der Waals surface area contributed by atoms with Gasteiger partial charge in [-0.15, -0.1) is 0 Å². The topological polar surface area (TPSA) is 111 Å². The summed E-state index contributed by atoms with van der Waals surface area (Å²) in [6.07, 6.45) is 1.43. The standard InChI is InChI=1S/C24H31N3O5/c1-24(2,3)20(23(30)31)32-18-10-13-26(14-11-18)22(29)19-5-4-12-27(19)21(28)17-8-6-16(15-25)7-9-17/h6-9,18-20H,4-5,10-14H2,1-3H3,(H,30,31)/t19-,20?/m0/s1. The molecule has 1 unspecified atom stereocenters. The van der Waals surface area contributed by atoms with Gasteiger partial charge in [0.2, 0.25) is 5.91 Å². The lowest BCUT2D eigenvalue weighted by Gasteiger charge is -2.38. The van der Waals surface area contributed by atoms with Gasteiger partial charge in [-0.05, 0) is 55.4 Å². The van der Waals surface area contributed by atoms with Crippen LogP contribution in [0.3, 0.4) is 0 Å². The van der Waals surface area contributed by atoms with Crippen LogP contribution in [-0.2, 0) is 14.3 Å². The Morgan fingerprint density at radius 1 is 1.09 bits per heavy atom. The molecule has 3 rings (SSSR count). The van der Waals surface area contributed by atoms with Crippen LogP contribution in [0.25, 0.3) is 0 Å². The van der Waals surface area contributed by atoms with Crippen molar-refractivity contribution in [1.29, 1.82) is 5.26 Å². The Morgan fingerprint density at radius 3 is 2.25 bits per heavy atom. The third-order valence-electron chi connectivity index (χ3n) is 6.15. The number of amides is 2. The van der Waals surface area contributed by atoms with Gasteiger partial charge < -0.3 is 19.6 Å². The normalized spacial score (nSPS) is 20.6. The molecular weight excluding hydrogens is 410 g/mol. The molecule has 2 fully saturated rings. The highest BCUT2D eigenvalue weighted by molar-refractivity contribution is 5.98. The molecule has 2 aliphatic heterocycles. The smallest absolute Gasteiger partial charge is 0.333 e. The van der Waals surface area contributed by atoms with E-state index in [2.05, 4.69) is 0 Å². The molecule has 2 heterocycles. The van der Waals surface area contributed by atoms with Crippen LogP contribution >= 0.6 is 0 Å². The number of carboxylic acid groups (broad SMARTS) is 1. The Morgan fingerprint density at radius 2 is 1.72 bits per heavy atom. The van der Waals surface area contributed by atoms with Crippen molar-refractivity contribution in [2.24, 2.45) is 5.41 Å². The number of carbonyl (C=O) groups excluding carboxylic acids is 2. The van der Waals surface area contributed by atoms with Crippen LogP contribution in [0.2, 0.25) is 0 Å². The minimum absolute atomic E-state index is 0.0615. The zero-order chi connectivity index (χ0) is 23.5. The number of benzene rings is 1. The molecule has 2 saturated heterocycles. The van der Waals surface area contributed by atoms with Gasteiger partial charge in [-0.2, -0.15) is 5.26 Å². The first-order valence-electron chi connectivity index (χ1n) is 11.1. The zero-order valence-corrected chi connectivity index (χ0v) is 18.9. The number of hydrogen-bond acceptors (Lipinski definition) is 5. The minimum atomic E-state index is -0.973. The Bertz CT molecular complexity index is 892. The Hall–Kier alpha value is -2.92. The number of nitriles is 1. The maximum absolute atomic E-state index is 13.2. The summed E-state index contributed by atoms with van der Waals surface area (Å²) in [6.45, 7) is 7.00. The average Bonchev–Trinajstić information content (AvgIpc) is 3.26. The van der Waals surface area contributed by atoms with Crippen molar-refractivity contribution < 1.29 is 24.2 Å². The first-order chi connectivity index (χ1) is 15.1. The van der Waals surface area contributed by atoms with E-state index in [0.717, 1.165) is 6.42 Å². The summed E-state index contributed by atoms with van der Waals surface area (Å²) in [6, 6.07) is 8.00. The molecule has 1 aromatic carbocycles. The molecule has 0 aromatic heterocycles. The second-order valence-corrected chi connectivity index (χ2v) is 9.59. The summed E-state index contributed by atoms with van der Waals surface area (Å²) < 4.78 is 5.88. The SMILES string of the molecule is CC(C)(C)C(OC1CCN(C(=O)[C@@H]2CCCN2C(=O)c2ccc(C#N)cc2)CC1)C(=O)O. The van der Waals surface area contributed by atoms with Crippen LogP contribution in [0.4, 0.5) is 0 Å². The number of rotatable bonds is 5. The highest BCUT2D eigenvalue weighted by Gasteiger charge is 2.39. The van der Waals surface area contributed by atoms with Crippen LogP contribution in [0, 0.1) is 16.7 Å². The lowest BCUT2D eigenvalue weighted by molar-refractivity contribution is -0.167. The van der Waals surface area contributed by atoms with E-state index < -0.39 is 23.5 Å². The largest absolute Gasteiger partial charge is 0.479 e. The third-order valence-corrected chi connectivity index (χ3v) is 6.15. The van der Waals surface area contributed by atoms with Gasteiger partial charge >= 0.3 is 5.97 Å². The van der Waals surface area contributed by atoms with E-state index in [4.69, 9.17) is 10.00 Å². The molecule has 32 heavy (non-hydrogen) atoms. The lowest BCUT2D eigenvalue weighted by atomic mass is 9.88. The molecule has 172 valence electrons. The van der Waals surface area contributed by atoms with E-state index in [0.29, 0.717) is 50.0 Å². The lowest BCUT2D eigenvalue weighted by Crippen LogP contribution is -2.51. The van der Waals surface area contributed by atoms with E-state index in [1.807, 2.05) is 26.8 Å². The molecule has 2 atom stereocenters. The van der Waals surface area contributed by atoms with Crippen molar-refractivity contribution in [3.05, 3.63) is 35.4 Å². The summed E-state index contributed by atoms with van der Waals surface area (Å²) in [5.74, 6) is -1.23. The summed E-state index contributed by atoms with van der Waals surface area (Å²) in [5, 5.41) is 18.4. The van der Waals surface area contributed by atoms with Crippen LogP contribution in [-0.4, -0.2) is 70.6 Å². The number of carboxylic acids is 1. The number of piperidine rings is 1. The maximum Gasteiger partial charge on any atom is 0.333 e. The minimum Gasteiger partial charge on any atom is -0.479 e. The number of nitrogens with zero attached hydrogens (tertiary/aromatic N) is 3.